The van der Waals surface area contributed by atoms with Crippen molar-refractivity contribution >= 4 is 27.6 Å². The van der Waals surface area contributed by atoms with Gasteiger partial charge in [0.1, 0.15) is 0 Å². The molecule has 0 aromatic heterocycles. The Morgan fingerprint density at radius 1 is 1.11 bits per heavy atom. The summed E-state index contributed by atoms with van der Waals surface area (Å²) in [6.45, 7) is 3.48. The van der Waals surface area contributed by atoms with Crippen LogP contribution in [0.25, 0.3) is 0 Å². The van der Waals surface area contributed by atoms with E-state index in [4.69, 9.17) is 4.74 Å². The monoisotopic (exact) mass is 390 g/mol. The van der Waals surface area contributed by atoms with Crippen LogP contribution in [-0.4, -0.2) is 33.4 Å². The fraction of sp³-hybridized carbons (Fsp3) is 0.263. The van der Waals surface area contributed by atoms with Crippen molar-refractivity contribution in [1.82, 2.24) is 4.72 Å². The van der Waals surface area contributed by atoms with Crippen LogP contribution in [-0.2, 0) is 26.0 Å². The van der Waals surface area contributed by atoms with E-state index in [1.807, 2.05) is 19.1 Å². The van der Waals surface area contributed by atoms with E-state index in [9.17, 15) is 18.0 Å². The standard InChI is InChI=1S/C19H22N2O5S/c1-4-14-8-10-16(11-9-14)21-18(22)13(2)26-19(23)15-6-5-7-17(12-15)27(24,25)20-3/h5-13,20H,4H2,1-3H3,(H,21,22)/t13-/m0/s1. The van der Waals surface area contributed by atoms with E-state index in [0.717, 1.165) is 12.0 Å². The van der Waals surface area contributed by atoms with Crippen molar-refractivity contribution in [2.75, 3.05) is 12.4 Å². The Labute approximate surface area is 158 Å². The molecule has 0 aliphatic carbocycles. The molecule has 8 heteroatoms. The summed E-state index contributed by atoms with van der Waals surface area (Å²) in [6.07, 6.45) is -0.155. The average Bonchev–Trinajstić information content (AvgIpc) is 2.68. The molecule has 0 heterocycles. The first-order valence-electron chi connectivity index (χ1n) is 8.41. The molecule has 27 heavy (non-hydrogen) atoms. The van der Waals surface area contributed by atoms with Crippen LogP contribution in [0.4, 0.5) is 5.69 Å². The number of hydrogen-bond donors (Lipinski definition) is 2. The molecular weight excluding hydrogens is 368 g/mol. The van der Waals surface area contributed by atoms with Gasteiger partial charge in [-0.15, -0.1) is 0 Å². The first-order chi connectivity index (χ1) is 12.8. The predicted molar refractivity (Wildman–Crippen MR) is 102 cm³/mol. The molecule has 2 aromatic carbocycles. The van der Waals surface area contributed by atoms with E-state index in [1.165, 1.54) is 38.2 Å². The van der Waals surface area contributed by atoms with E-state index in [2.05, 4.69) is 10.0 Å². The number of esters is 1. The first-order valence-corrected chi connectivity index (χ1v) is 9.89. The van der Waals surface area contributed by atoms with Crippen LogP contribution < -0.4 is 10.0 Å². The lowest BCUT2D eigenvalue weighted by Gasteiger charge is -2.14. The molecule has 1 atom stereocenters. The number of carbonyl (C=O) groups is 2. The molecule has 0 radical (unpaired) electrons. The normalized spacial score (nSPS) is 12.3. The molecule has 0 aliphatic rings. The quantitative estimate of drug-likeness (QED) is 0.707. The van der Waals surface area contributed by atoms with Gasteiger partial charge in [0.05, 0.1) is 10.5 Å². The Bertz CT molecular complexity index is 923. The van der Waals surface area contributed by atoms with Crippen molar-refractivity contribution in [2.24, 2.45) is 0 Å². The molecule has 1 amide bonds. The summed E-state index contributed by atoms with van der Waals surface area (Å²) in [5.74, 6) is -1.27. The highest BCUT2D eigenvalue weighted by molar-refractivity contribution is 7.89. The Morgan fingerprint density at radius 2 is 1.78 bits per heavy atom. The Balaban J connectivity index is 2.04. The zero-order valence-corrected chi connectivity index (χ0v) is 16.2. The number of rotatable bonds is 7. The highest BCUT2D eigenvalue weighted by atomic mass is 32.2. The minimum absolute atomic E-state index is 0.0401. The van der Waals surface area contributed by atoms with Crippen molar-refractivity contribution in [2.45, 2.75) is 31.3 Å². The van der Waals surface area contributed by atoms with Crippen LogP contribution in [0.15, 0.2) is 53.4 Å². The Morgan fingerprint density at radius 3 is 2.37 bits per heavy atom. The van der Waals surface area contributed by atoms with Gasteiger partial charge in [-0.2, -0.15) is 0 Å². The van der Waals surface area contributed by atoms with Crippen LogP contribution in [0.5, 0.6) is 0 Å². The van der Waals surface area contributed by atoms with Gasteiger partial charge in [0.15, 0.2) is 6.10 Å². The Kier molecular flexibility index (Phi) is 6.70. The van der Waals surface area contributed by atoms with Gasteiger partial charge < -0.3 is 10.1 Å². The molecule has 0 aliphatic heterocycles. The number of sulfonamides is 1. The zero-order valence-electron chi connectivity index (χ0n) is 15.4. The molecule has 2 rings (SSSR count). The van der Waals surface area contributed by atoms with Crippen molar-refractivity contribution in [3.05, 3.63) is 59.7 Å². The molecule has 0 saturated heterocycles. The van der Waals surface area contributed by atoms with Crippen LogP contribution in [0.3, 0.4) is 0 Å². The minimum atomic E-state index is -3.68. The molecule has 0 fully saturated rings. The second-order valence-electron chi connectivity index (χ2n) is 5.82. The lowest BCUT2D eigenvalue weighted by Crippen LogP contribution is -2.30. The van der Waals surface area contributed by atoms with E-state index in [0.29, 0.717) is 5.69 Å². The average molecular weight is 390 g/mol. The number of aryl methyl sites for hydroxylation is 1. The van der Waals surface area contributed by atoms with Crippen molar-refractivity contribution in [3.8, 4) is 0 Å². The molecule has 2 N–H and O–H groups in total. The number of carbonyl (C=O) groups excluding carboxylic acids is 2. The zero-order chi connectivity index (χ0) is 20.0. The smallest absolute Gasteiger partial charge is 0.338 e. The van der Waals surface area contributed by atoms with Crippen molar-refractivity contribution < 1.29 is 22.7 Å². The summed E-state index contributed by atoms with van der Waals surface area (Å²) in [5.41, 5.74) is 1.78. The van der Waals surface area contributed by atoms with Crippen LogP contribution in [0.2, 0.25) is 0 Å². The molecular formula is C19H22N2O5S. The summed E-state index contributed by atoms with van der Waals surface area (Å²) < 4.78 is 31.0. The van der Waals surface area contributed by atoms with Gasteiger partial charge in [0, 0.05) is 5.69 Å². The third kappa shape index (κ3) is 5.38. The maximum Gasteiger partial charge on any atom is 0.338 e. The topological polar surface area (TPSA) is 102 Å². The largest absolute Gasteiger partial charge is 0.449 e. The third-order valence-electron chi connectivity index (χ3n) is 3.93. The van der Waals surface area contributed by atoms with Gasteiger partial charge in [-0.1, -0.05) is 25.1 Å². The van der Waals surface area contributed by atoms with Gasteiger partial charge >= 0.3 is 5.97 Å². The second kappa shape index (κ2) is 8.79. The predicted octanol–water partition coefficient (Wildman–Crippen LogP) is 2.34. The number of amides is 1. The van der Waals surface area contributed by atoms with E-state index < -0.39 is 28.0 Å². The molecule has 0 saturated carbocycles. The number of ether oxygens (including phenoxy) is 1. The van der Waals surface area contributed by atoms with Crippen molar-refractivity contribution in [3.63, 3.8) is 0 Å². The van der Waals surface area contributed by atoms with Gasteiger partial charge in [-0.3, -0.25) is 4.79 Å². The maximum atomic E-state index is 12.2. The molecule has 7 nitrogen and oxygen atoms in total. The minimum Gasteiger partial charge on any atom is -0.449 e. The van der Waals surface area contributed by atoms with Gasteiger partial charge in [-0.05, 0) is 56.3 Å². The van der Waals surface area contributed by atoms with Gasteiger partial charge in [-0.25, -0.2) is 17.9 Å². The number of anilines is 1. The highest BCUT2D eigenvalue weighted by Gasteiger charge is 2.20. The molecule has 0 unspecified atom stereocenters. The van der Waals surface area contributed by atoms with Gasteiger partial charge in [0.2, 0.25) is 10.0 Å². The molecule has 144 valence electrons. The fourth-order valence-electron chi connectivity index (χ4n) is 2.26. The number of benzene rings is 2. The van der Waals surface area contributed by atoms with Crippen LogP contribution in [0.1, 0.15) is 29.8 Å². The lowest BCUT2D eigenvalue weighted by atomic mass is 10.1. The maximum absolute atomic E-state index is 12.2. The summed E-state index contributed by atoms with van der Waals surface area (Å²) >= 11 is 0. The SMILES string of the molecule is CCc1ccc(NC(=O)[C@H](C)OC(=O)c2cccc(S(=O)(=O)NC)c2)cc1. The molecule has 2 aromatic rings. The fourth-order valence-corrected chi connectivity index (χ4v) is 3.03. The van der Waals surface area contributed by atoms with Crippen molar-refractivity contribution in [1.29, 1.82) is 0 Å². The van der Waals surface area contributed by atoms with E-state index in [1.54, 1.807) is 12.1 Å². The van der Waals surface area contributed by atoms with E-state index >= 15 is 0 Å². The van der Waals surface area contributed by atoms with Crippen LogP contribution in [0, 0.1) is 0 Å². The summed E-state index contributed by atoms with van der Waals surface area (Å²) in [4.78, 5) is 24.4. The van der Waals surface area contributed by atoms with Crippen LogP contribution >= 0.6 is 0 Å². The van der Waals surface area contributed by atoms with E-state index in [-0.39, 0.29) is 10.5 Å². The highest BCUT2D eigenvalue weighted by Crippen LogP contribution is 2.14. The first kappa shape index (κ1) is 20.6. The molecule has 0 spiro atoms. The number of nitrogens with one attached hydrogen (secondary N) is 2. The third-order valence-corrected chi connectivity index (χ3v) is 5.34. The summed E-state index contributed by atoms with van der Waals surface area (Å²) in [6, 6.07) is 12.8. The molecule has 0 bridgehead atoms. The lowest BCUT2D eigenvalue weighted by molar-refractivity contribution is -0.123. The summed E-state index contributed by atoms with van der Waals surface area (Å²) in [5, 5.41) is 2.67. The Hall–Kier alpha value is -2.71. The summed E-state index contributed by atoms with van der Waals surface area (Å²) in [7, 11) is -2.41. The van der Waals surface area contributed by atoms with Gasteiger partial charge in [0.25, 0.3) is 5.91 Å². The second-order valence-corrected chi connectivity index (χ2v) is 7.71. The number of hydrogen-bond acceptors (Lipinski definition) is 5.